The van der Waals surface area contributed by atoms with Gasteiger partial charge in [-0.05, 0) is 39.0 Å². The van der Waals surface area contributed by atoms with Gasteiger partial charge in [-0.2, -0.15) is 4.39 Å². The van der Waals surface area contributed by atoms with E-state index in [1.54, 1.807) is 31.2 Å². The normalized spacial score (nSPS) is 12.7. The van der Waals surface area contributed by atoms with Gasteiger partial charge in [-0.25, -0.2) is 18.4 Å². The van der Waals surface area contributed by atoms with Crippen molar-refractivity contribution in [3.63, 3.8) is 0 Å². The van der Waals surface area contributed by atoms with Crippen molar-refractivity contribution in [3.05, 3.63) is 42.6 Å². The Morgan fingerprint density at radius 2 is 1.92 bits per heavy atom. The predicted octanol–water partition coefficient (Wildman–Crippen LogP) is 2.69. The molecule has 3 heterocycles. The second kappa shape index (κ2) is 5.27. The number of rotatable bonds is 2. The third kappa shape index (κ3) is 2.62. The minimum Gasteiger partial charge on any atom is -0.384 e. The van der Waals surface area contributed by atoms with Gasteiger partial charge in [0.1, 0.15) is 11.5 Å². The van der Waals surface area contributed by atoms with Gasteiger partial charge in [-0.15, -0.1) is 0 Å². The average Bonchev–Trinajstić information content (AvgIpc) is 2.87. The largest absolute Gasteiger partial charge is 0.384 e. The summed E-state index contributed by atoms with van der Waals surface area (Å²) < 4.78 is 39.5. The highest BCUT2D eigenvalue weighted by Gasteiger charge is 2.31. The van der Waals surface area contributed by atoms with Gasteiger partial charge in [0.2, 0.25) is 5.95 Å². The summed E-state index contributed by atoms with van der Waals surface area (Å²) in [7, 11) is -3.52. The quantitative estimate of drug-likeness (QED) is 0.719. The number of pyridine rings is 2. The Balaban J connectivity index is 2.24. The van der Waals surface area contributed by atoms with Crippen LogP contribution in [0.15, 0.2) is 41.6 Å². The van der Waals surface area contributed by atoms with Crippen LogP contribution in [0.5, 0.6) is 0 Å². The zero-order valence-corrected chi connectivity index (χ0v) is 14.3. The fraction of sp³-hybridized carbons (Fsp3) is 0.250. The van der Waals surface area contributed by atoms with Crippen molar-refractivity contribution >= 4 is 21.3 Å². The van der Waals surface area contributed by atoms with E-state index in [-0.39, 0.29) is 10.7 Å². The number of anilines is 1. The molecule has 0 fully saturated rings. The molecular formula is C16H17FN4O2S. The Hall–Kier alpha value is -2.48. The molecule has 0 saturated carbocycles. The summed E-state index contributed by atoms with van der Waals surface area (Å²) in [6.07, 6.45) is 3.03. The van der Waals surface area contributed by atoms with E-state index >= 15 is 0 Å². The first kappa shape index (κ1) is 16.4. The maximum Gasteiger partial charge on any atom is 0.215 e. The van der Waals surface area contributed by atoms with E-state index in [0.717, 1.165) is 0 Å². The van der Waals surface area contributed by atoms with Crippen LogP contribution in [-0.2, 0) is 9.84 Å². The van der Waals surface area contributed by atoms with Crippen LogP contribution in [-0.4, -0.2) is 27.5 Å². The van der Waals surface area contributed by atoms with Crippen LogP contribution in [0.2, 0.25) is 0 Å². The predicted molar refractivity (Wildman–Crippen MR) is 89.7 cm³/mol. The number of hydrogen-bond acceptors (Lipinski definition) is 5. The molecule has 3 aromatic rings. The molecule has 0 aliphatic rings. The lowest BCUT2D eigenvalue weighted by Crippen LogP contribution is -2.28. The molecule has 6 nitrogen and oxygen atoms in total. The van der Waals surface area contributed by atoms with Crippen LogP contribution in [0.25, 0.3) is 16.9 Å². The van der Waals surface area contributed by atoms with Gasteiger partial charge in [0.05, 0.1) is 21.5 Å². The molecule has 3 rings (SSSR count). The van der Waals surface area contributed by atoms with Crippen LogP contribution < -0.4 is 5.73 Å². The third-order valence-electron chi connectivity index (χ3n) is 3.70. The molecule has 0 aliphatic heterocycles. The first-order chi connectivity index (χ1) is 11.1. The molecular weight excluding hydrogens is 331 g/mol. The van der Waals surface area contributed by atoms with Gasteiger partial charge < -0.3 is 5.73 Å². The number of hydrogen-bond donors (Lipinski definition) is 1. The standard InChI is InChI=1S/C16H17FN4O2S/c1-16(2,3)24(22,23)11-4-5-15-19-8-12(21(15)9-11)10-6-13(17)20-14(18)7-10/h4-9H,1-3H3,(H2,18,20). The summed E-state index contributed by atoms with van der Waals surface area (Å²) in [6, 6.07) is 5.87. The van der Waals surface area contributed by atoms with Crippen molar-refractivity contribution in [2.24, 2.45) is 0 Å². The number of nitrogens with two attached hydrogens (primary N) is 1. The Labute approximate surface area is 139 Å². The lowest BCUT2D eigenvalue weighted by Gasteiger charge is -2.19. The highest BCUT2D eigenvalue weighted by Crippen LogP contribution is 2.28. The number of fused-ring (bicyclic) bond motifs is 1. The smallest absolute Gasteiger partial charge is 0.215 e. The van der Waals surface area contributed by atoms with E-state index in [2.05, 4.69) is 9.97 Å². The number of imidazole rings is 1. The van der Waals surface area contributed by atoms with Crippen LogP contribution in [0, 0.1) is 5.95 Å². The molecule has 0 aliphatic carbocycles. The second-order valence-electron chi connectivity index (χ2n) is 6.46. The van der Waals surface area contributed by atoms with Crippen LogP contribution >= 0.6 is 0 Å². The summed E-state index contributed by atoms with van der Waals surface area (Å²) in [5, 5.41) is 0. The Morgan fingerprint density at radius 1 is 1.21 bits per heavy atom. The zero-order valence-electron chi connectivity index (χ0n) is 13.5. The Kier molecular flexibility index (Phi) is 3.60. The first-order valence-electron chi connectivity index (χ1n) is 7.25. The number of aromatic nitrogens is 3. The van der Waals surface area contributed by atoms with Crippen LogP contribution in [0.3, 0.4) is 0 Å². The molecule has 0 spiro atoms. The Bertz CT molecular complexity index is 1020. The first-order valence-corrected chi connectivity index (χ1v) is 8.73. The van der Waals surface area contributed by atoms with Crippen molar-refractivity contribution in [1.29, 1.82) is 0 Å². The highest BCUT2D eigenvalue weighted by molar-refractivity contribution is 7.92. The molecule has 24 heavy (non-hydrogen) atoms. The summed E-state index contributed by atoms with van der Waals surface area (Å²) in [6.45, 7) is 4.92. The third-order valence-corrected chi connectivity index (χ3v) is 6.18. The van der Waals surface area contributed by atoms with Crippen LogP contribution in [0.4, 0.5) is 10.2 Å². The van der Waals surface area contributed by atoms with Crippen molar-refractivity contribution in [2.75, 3.05) is 5.73 Å². The van der Waals surface area contributed by atoms with Gasteiger partial charge in [0.25, 0.3) is 0 Å². The van der Waals surface area contributed by atoms with E-state index in [1.165, 1.54) is 30.6 Å². The minimum atomic E-state index is -3.52. The molecule has 0 amide bonds. The van der Waals surface area contributed by atoms with Gasteiger partial charge in [0, 0.05) is 17.8 Å². The molecule has 0 atom stereocenters. The number of nitrogens with zero attached hydrogens (tertiary/aromatic N) is 3. The van der Waals surface area contributed by atoms with Gasteiger partial charge in [-0.1, -0.05) is 0 Å². The highest BCUT2D eigenvalue weighted by atomic mass is 32.2. The van der Waals surface area contributed by atoms with Crippen LogP contribution in [0.1, 0.15) is 20.8 Å². The molecule has 126 valence electrons. The van der Waals surface area contributed by atoms with Gasteiger partial charge >= 0.3 is 0 Å². The molecule has 0 radical (unpaired) electrons. The molecule has 0 bridgehead atoms. The molecule has 2 N–H and O–H groups in total. The average molecular weight is 348 g/mol. The van der Waals surface area contributed by atoms with Gasteiger partial charge in [-0.3, -0.25) is 4.40 Å². The van der Waals surface area contributed by atoms with Crippen molar-refractivity contribution in [3.8, 4) is 11.3 Å². The van der Waals surface area contributed by atoms with Gasteiger partial charge in [0.15, 0.2) is 9.84 Å². The Morgan fingerprint density at radius 3 is 2.54 bits per heavy atom. The number of halogens is 1. The molecule has 0 saturated heterocycles. The second-order valence-corrected chi connectivity index (χ2v) is 9.16. The summed E-state index contributed by atoms with van der Waals surface area (Å²) in [5.41, 5.74) is 7.14. The van der Waals surface area contributed by atoms with Crippen molar-refractivity contribution < 1.29 is 12.8 Å². The molecule has 0 aromatic carbocycles. The number of sulfone groups is 1. The van der Waals surface area contributed by atoms with Crippen molar-refractivity contribution in [2.45, 2.75) is 30.4 Å². The lowest BCUT2D eigenvalue weighted by atomic mass is 10.2. The summed E-state index contributed by atoms with van der Waals surface area (Å²) in [4.78, 5) is 7.89. The monoisotopic (exact) mass is 348 g/mol. The minimum absolute atomic E-state index is 0.0402. The SMILES string of the molecule is CC(C)(C)S(=O)(=O)c1ccc2ncc(-c3cc(N)nc(F)c3)n2c1. The fourth-order valence-corrected chi connectivity index (χ4v) is 3.55. The maximum atomic E-state index is 13.5. The maximum absolute atomic E-state index is 13.5. The molecule has 8 heteroatoms. The van der Waals surface area contributed by atoms with E-state index in [4.69, 9.17) is 5.73 Å². The topological polar surface area (TPSA) is 90.3 Å². The van der Waals surface area contributed by atoms with E-state index in [1.807, 2.05) is 0 Å². The lowest BCUT2D eigenvalue weighted by molar-refractivity contribution is 0.559. The van der Waals surface area contributed by atoms with Crippen molar-refractivity contribution in [1.82, 2.24) is 14.4 Å². The summed E-state index contributed by atoms with van der Waals surface area (Å²) in [5.74, 6) is -0.670. The van der Waals surface area contributed by atoms with E-state index in [9.17, 15) is 12.8 Å². The van der Waals surface area contributed by atoms with E-state index in [0.29, 0.717) is 16.9 Å². The zero-order chi connectivity index (χ0) is 17.7. The fourth-order valence-electron chi connectivity index (χ4n) is 2.35. The molecule has 0 unspecified atom stereocenters. The number of nitrogen functional groups attached to an aromatic ring is 1. The molecule has 3 aromatic heterocycles. The van der Waals surface area contributed by atoms with E-state index < -0.39 is 20.5 Å². The summed E-state index contributed by atoms with van der Waals surface area (Å²) >= 11 is 0.